The van der Waals surface area contributed by atoms with Crippen LogP contribution < -0.4 is 15.4 Å². The summed E-state index contributed by atoms with van der Waals surface area (Å²) in [5.41, 5.74) is 4.86. The summed E-state index contributed by atoms with van der Waals surface area (Å²) in [5, 5.41) is 5.75. The third-order valence-electron chi connectivity index (χ3n) is 4.94. The molecule has 0 bridgehead atoms. The number of nitrogens with zero attached hydrogens (tertiary/aromatic N) is 2. The van der Waals surface area contributed by atoms with E-state index in [1.54, 1.807) is 19.2 Å². The quantitative estimate of drug-likeness (QED) is 0.487. The minimum atomic E-state index is -0.277. The Morgan fingerprint density at radius 1 is 1.00 bits per heavy atom. The Labute approximate surface area is 175 Å². The van der Waals surface area contributed by atoms with Crippen LogP contribution in [0.25, 0.3) is 22.4 Å². The van der Waals surface area contributed by atoms with Crippen molar-refractivity contribution in [2.24, 2.45) is 0 Å². The van der Waals surface area contributed by atoms with Crippen molar-refractivity contribution in [1.29, 1.82) is 0 Å². The summed E-state index contributed by atoms with van der Waals surface area (Å²) in [6.07, 6.45) is 0. The number of hydrogen-bond donors (Lipinski definition) is 2. The Balaban J connectivity index is 1.50. The van der Waals surface area contributed by atoms with Crippen LogP contribution in [0.3, 0.4) is 0 Å². The zero-order chi connectivity index (χ0) is 20.9. The van der Waals surface area contributed by atoms with Crippen LogP contribution in [0.15, 0.2) is 72.8 Å². The molecule has 1 heterocycles. The first kappa shape index (κ1) is 19.5. The minimum Gasteiger partial charge on any atom is -0.495 e. The maximum atomic E-state index is 12.4. The first-order valence-electron chi connectivity index (χ1n) is 9.86. The second-order valence-corrected chi connectivity index (χ2v) is 7.02. The molecule has 0 saturated heterocycles. The number of nitrogens with one attached hydrogen (secondary N) is 2. The van der Waals surface area contributed by atoms with E-state index in [0.29, 0.717) is 24.5 Å². The average Bonchev–Trinajstić information content (AvgIpc) is 3.13. The maximum absolute atomic E-state index is 12.4. The first-order valence-corrected chi connectivity index (χ1v) is 9.86. The summed E-state index contributed by atoms with van der Waals surface area (Å²) in [5.74, 6) is 1.51. The lowest BCUT2D eigenvalue weighted by molar-refractivity contribution is 0.251. The average molecular weight is 400 g/mol. The van der Waals surface area contributed by atoms with Gasteiger partial charge in [-0.1, -0.05) is 54.1 Å². The number of fused-ring (bicyclic) bond motifs is 1. The Hall–Kier alpha value is -3.80. The molecule has 0 aliphatic rings. The number of aromatic nitrogens is 2. The summed E-state index contributed by atoms with van der Waals surface area (Å²) < 4.78 is 7.42. The number of carbonyl (C=O) groups is 1. The first-order chi connectivity index (χ1) is 14.7. The van der Waals surface area contributed by atoms with Crippen LogP contribution in [0.1, 0.15) is 5.56 Å². The largest absolute Gasteiger partial charge is 0.495 e. The van der Waals surface area contributed by atoms with E-state index in [4.69, 9.17) is 9.72 Å². The van der Waals surface area contributed by atoms with Gasteiger partial charge in [-0.15, -0.1) is 0 Å². The standard InChI is InChI=1S/C24H24N4O2/c1-17-11-13-18(14-12-17)23-26-19-7-3-5-9-21(19)28(23)16-15-25-24(29)27-20-8-4-6-10-22(20)30-2/h3-14H,15-16H2,1-2H3,(H2,25,27,29). The van der Waals surface area contributed by atoms with Gasteiger partial charge in [0.2, 0.25) is 0 Å². The molecule has 6 nitrogen and oxygen atoms in total. The molecule has 3 aromatic carbocycles. The van der Waals surface area contributed by atoms with E-state index in [0.717, 1.165) is 22.4 Å². The monoisotopic (exact) mass is 400 g/mol. The molecule has 4 rings (SSSR count). The molecule has 0 saturated carbocycles. The molecule has 0 atom stereocenters. The molecule has 0 unspecified atom stereocenters. The second kappa shape index (κ2) is 8.69. The summed E-state index contributed by atoms with van der Waals surface area (Å²) in [6.45, 7) is 3.13. The third kappa shape index (κ3) is 4.12. The number of urea groups is 1. The lowest BCUT2D eigenvalue weighted by Crippen LogP contribution is -2.31. The van der Waals surface area contributed by atoms with Crippen LogP contribution in [-0.4, -0.2) is 29.2 Å². The van der Waals surface area contributed by atoms with Gasteiger partial charge in [-0.3, -0.25) is 0 Å². The van der Waals surface area contributed by atoms with E-state index < -0.39 is 0 Å². The van der Waals surface area contributed by atoms with E-state index in [2.05, 4.69) is 52.5 Å². The zero-order valence-corrected chi connectivity index (χ0v) is 17.1. The van der Waals surface area contributed by atoms with Gasteiger partial charge in [0.05, 0.1) is 23.8 Å². The van der Waals surface area contributed by atoms with E-state index in [1.165, 1.54) is 5.56 Å². The molecule has 4 aromatic rings. The van der Waals surface area contributed by atoms with Gasteiger partial charge >= 0.3 is 6.03 Å². The lowest BCUT2D eigenvalue weighted by atomic mass is 10.1. The van der Waals surface area contributed by atoms with Gasteiger partial charge in [-0.25, -0.2) is 9.78 Å². The van der Waals surface area contributed by atoms with E-state index in [-0.39, 0.29) is 6.03 Å². The molecule has 0 radical (unpaired) electrons. The van der Waals surface area contributed by atoms with Crippen molar-refractivity contribution >= 4 is 22.8 Å². The fourth-order valence-corrected chi connectivity index (χ4v) is 3.42. The minimum absolute atomic E-state index is 0.277. The molecule has 0 aliphatic carbocycles. The molecule has 2 N–H and O–H groups in total. The fourth-order valence-electron chi connectivity index (χ4n) is 3.42. The van der Waals surface area contributed by atoms with Crippen molar-refractivity contribution in [2.75, 3.05) is 19.0 Å². The van der Waals surface area contributed by atoms with Gasteiger partial charge in [0.1, 0.15) is 11.6 Å². The smallest absolute Gasteiger partial charge is 0.319 e. The fraction of sp³-hybridized carbons (Fsp3) is 0.167. The van der Waals surface area contributed by atoms with Gasteiger partial charge in [-0.2, -0.15) is 0 Å². The Morgan fingerprint density at radius 2 is 1.73 bits per heavy atom. The maximum Gasteiger partial charge on any atom is 0.319 e. The summed E-state index contributed by atoms with van der Waals surface area (Å²) in [6, 6.07) is 23.4. The number of aryl methyl sites for hydroxylation is 1. The van der Waals surface area contributed by atoms with Crippen LogP contribution in [0.4, 0.5) is 10.5 Å². The topological polar surface area (TPSA) is 68.2 Å². The van der Waals surface area contributed by atoms with Crippen LogP contribution in [-0.2, 0) is 6.54 Å². The van der Waals surface area contributed by atoms with Gasteiger partial charge in [0.25, 0.3) is 0 Å². The van der Waals surface area contributed by atoms with E-state index in [9.17, 15) is 4.79 Å². The molecule has 2 amide bonds. The molecule has 0 fully saturated rings. The van der Waals surface area contributed by atoms with Crippen LogP contribution >= 0.6 is 0 Å². The van der Waals surface area contributed by atoms with Crippen LogP contribution in [0.5, 0.6) is 5.75 Å². The van der Waals surface area contributed by atoms with Crippen LogP contribution in [0, 0.1) is 6.92 Å². The normalized spacial score (nSPS) is 10.7. The van der Waals surface area contributed by atoms with Crippen molar-refractivity contribution in [2.45, 2.75) is 13.5 Å². The molecule has 0 aliphatic heterocycles. The van der Waals surface area contributed by atoms with E-state index in [1.807, 2.05) is 30.3 Å². The summed E-state index contributed by atoms with van der Waals surface area (Å²) in [4.78, 5) is 17.2. The van der Waals surface area contributed by atoms with Gasteiger partial charge < -0.3 is 19.9 Å². The van der Waals surface area contributed by atoms with Gasteiger partial charge in [-0.05, 0) is 31.2 Å². The number of benzene rings is 3. The number of rotatable bonds is 6. The number of carbonyl (C=O) groups excluding carboxylic acids is 1. The number of anilines is 1. The zero-order valence-electron chi connectivity index (χ0n) is 17.1. The highest BCUT2D eigenvalue weighted by atomic mass is 16.5. The Morgan fingerprint density at radius 3 is 2.53 bits per heavy atom. The van der Waals surface area contributed by atoms with Crippen molar-refractivity contribution in [3.63, 3.8) is 0 Å². The van der Waals surface area contributed by atoms with Crippen molar-refractivity contribution in [3.8, 4) is 17.1 Å². The number of ether oxygens (including phenoxy) is 1. The van der Waals surface area contributed by atoms with E-state index >= 15 is 0 Å². The molecular formula is C24H24N4O2. The number of para-hydroxylation sites is 4. The Kier molecular flexibility index (Phi) is 5.66. The molecule has 0 spiro atoms. The predicted octanol–water partition coefficient (Wildman–Crippen LogP) is 4.84. The molecular weight excluding hydrogens is 376 g/mol. The highest BCUT2D eigenvalue weighted by molar-refractivity contribution is 5.90. The van der Waals surface area contributed by atoms with Gasteiger partial charge in [0, 0.05) is 18.7 Å². The summed E-state index contributed by atoms with van der Waals surface area (Å²) >= 11 is 0. The van der Waals surface area contributed by atoms with Gasteiger partial charge in [0.15, 0.2) is 0 Å². The highest BCUT2D eigenvalue weighted by Crippen LogP contribution is 2.25. The van der Waals surface area contributed by atoms with Crippen molar-refractivity contribution in [1.82, 2.24) is 14.9 Å². The summed E-state index contributed by atoms with van der Waals surface area (Å²) in [7, 11) is 1.58. The van der Waals surface area contributed by atoms with Crippen LogP contribution in [0.2, 0.25) is 0 Å². The lowest BCUT2D eigenvalue weighted by Gasteiger charge is -2.13. The Bertz CT molecular complexity index is 1170. The third-order valence-corrected chi connectivity index (χ3v) is 4.94. The number of methoxy groups -OCH3 is 1. The molecule has 6 heteroatoms. The predicted molar refractivity (Wildman–Crippen MR) is 120 cm³/mol. The highest BCUT2D eigenvalue weighted by Gasteiger charge is 2.13. The second-order valence-electron chi connectivity index (χ2n) is 7.02. The van der Waals surface area contributed by atoms with Crippen molar-refractivity contribution < 1.29 is 9.53 Å². The number of imidazole rings is 1. The number of hydrogen-bond acceptors (Lipinski definition) is 3. The van der Waals surface area contributed by atoms with Crippen molar-refractivity contribution in [3.05, 3.63) is 78.4 Å². The SMILES string of the molecule is COc1ccccc1NC(=O)NCCn1c(-c2ccc(C)cc2)nc2ccccc21. The molecule has 1 aromatic heterocycles. The molecule has 152 valence electrons. The number of amides is 2. The molecule has 30 heavy (non-hydrogen) atoms.